The highest BCUT2D eigenvalue weighted by molar-refractivity contribution is 5.69. The van der Waals surface area contributed by atoms with Crippen molar-refractivity contribution < 1.29 is 44.2 Å². The first-order valence-electron chi connectivity index (χ1n) is 27.6. The topological polar surface area (TPSA) is 135 Å². The first-order chi connectivity index (χ1) is 30.9. The number of aliphatic hydroxyl groups is 4. The predicted molar refractivity (Wildman–Crippen MR) is 261 cm³/mol. The van der Waals surface area contributed by atoms with E-state index in [0.717, 1.165) is 32.1 Å². The van der Waals surface area contributed by atoms with Gasteiger partial charge in [-0.25, -0.2) is 0 Å². The van der Waals surface area contributed by atoms with E-state index in [1.54, 1.807) is 0 Å². The van der Waals surface area contributed by atoms with Crippen LogP contribution >= 0.6 is 0 Å². The number of carbonyl (C=O) groups excluding carboxylic acids is 1. The summed E-state index contributed by atoms with van der Waals surface area (Å²) in [7, 11) is 0. The van der Waals surface area contributed by atoms with Gasteiger partial charge < -0.3 is 39.4 Å². The summed E-state index contributed by atoms with van der Waals surface area (Å²) in [5, 5.41) is 40.3. The molecular weight excluding hydrogens is 793 g/mol. The minimum atomic E-state index is -1.53. The fraction of sp³-hybridized carbons (Fsp3) is 0.981. The number of esters is 1. The van der Waals surface area contributed by atoms with Crippen LogP contribution in [0.4, 0.5) is 0 Å². The first kappa shape index (κ1) is 60.2. The summed E-state index contributed by atoms with van der Waals surface area (Å²) in [4.78, 5) is 12.9. The average Bonchev–Trinajstić information content (AvgIpc) is 3.28. The normalized spacial score (nSPS) is 19.5. The molecule has 6 unspecified atom stereocenters. The molecule has 0 aromatic rings. The number of unbranched alkanes of at least 4 members (excludes halogenated alkanes) is 38. The van der Waals surface area contributed by atoms with Gasteiger partial charge in [-0.1, -0.05) is 258 Å². The quantitative estimate of drug-likeness (QED) is 0.0348. The molecule has 0 saturated carbocycles. The number of carbonyl (C=O) groups is 1. The molecule has 0 amide bonds. The lowest BCUT2D eigenvalue weighted by Gasteiger charge is -2.39. The van der Waals surface area contributed by atoms with Crippen LogP contribution in [-0.2, 0) is 23.7 Å². The Labute approximate surface area is 389 Å². The van der Waals surface area contributed by atoms with Gasteiger partial charge in [0.25, 0.3) is 0 Å². The largest absolute Gasteiger partial charge is 0.457 e. The molecule has 1 aliphatic rings. The predicted octanol–water partition coefficient (Wildman–Crippen LogP) is 13.8. The van der Waals surface area contributed by atoms with E-state index in [0.29, 0.717) is 13.0 Å². The van der Waals surface area contributed by atoms with Gasteiger partial charge in [-0.2, -0.15) is 0 Å². The molecule has 9 nitrogen and oxygen atoms in total. The summed E-state index contributed by atoms with van der Waals surface area (Å²) in [6, 6.07) is 0. The standard InChI is InChI=1S/C54H106O9/c1-3-5-7-9-11-13-15-17-19-21-23-25-27-29-31-33-35-37-39-41-43-50(56)62-48(47-61-54-53(59)52(58)51(57)49(45-55)63-54)46-60-44-42-40-38-36-34-32-30-28-26-24-22-20-18-16-14-12-10-8-6-4-2/h48-49,51-55,57-59H,3-47H2,1-2H3. The van der Waals surface area contributed by atoms with Crippen molar-refractivity contribution in [2.24, 2.45) is 0 Å². The molecular formula is C54H106O9. The lowest BCUT2D eigenvalue weighted by atomic mass is 9.99. The van der Waals surface area contributed by atoms with Crippen LogP contribution in [0.25, 0.3) is 0 Å². The summed E-state index contributed by atoms with van der Waals surface area (Å²) >= 11 is 0. The second-order valence-electron chi connectivity index (χ2n) is 19.4. The van der Waals surface area contributed by atoms with E-state index in [-0.39, 0.29) is 19.2 Å². The van der Waals surface area contributed by atoms with E-state index in [1.165, 1.54) is 225 Å². The van der Waals surface area contributed by atoms with Gasteiger partial charge in [0.2, 0.25) is 0 Å². The van der Waals surface area contributed by atoms with Crippen LogP contribution in [-0.4, -0.2) is 89.6 Å². The Hall–Kier alpha value is -0.810. The minimum Gasteiger partial charge on any atom is -0.457 e. The zero-order valence-electron chi connectivity index (χ0n) is 41.6. The Morgan fingerprint density at radius 2 is 0.778 bits per heavy atom. The summed E-state index contributed by atoms with van der Waals surface area (Å²) in [5.74, 6) is -0.304. The molecule has 0 spiro atoms. The number of rotatable bonds is 49. The van der Waals surface area contributed by atoms with Gasteiger partial charge in [-0.3, -0.25) is 4.79 Å². The molecule has 376 valence electrons. The molecule has 6 atom stereocenters. The number of hydrogen-bond donors (Lipinski definition) is 4. The van der Waals surface area contributed by atoms with Gasteiger partial charge >= 0.3 is 5.97 Å². The third-order valence-electron chi connectivity index (χ3n) is 13.3. The zero-order valence-corrected chi connectivity index (χ0v) is 41.6. The van der Waals surface area contributed by atoms with E-state index in [1.807, 2.05) is 0 Å². The summed E-state index contributed by atoms with van der Waals surface area (Å²) < 4.78 is 23.0. The highest BCUT2D eigenvalue weighted by atomic mass is 16.7. The maximum Gasteiger partial charge on any atom is 0.306 e. The van der Waals surface area contributed by atoms with E-state index in [9.17, 15) is 25.2 Å². The lowest BCUT2D eigenvalue weighted by Crippen LogP contribution is -2.59. The molecule has 1 aliphatic heterocycles. The van der Waals surface area contributed by atoms with Crippen LogP contribution < -0.4 is 0 Å². The van der Waals surface area contributed by atoms with Gasteiger partial charge in [-0.05, 0) is 12.8 Å². The van der Waals surface area contributed by atoms with Crippen molar-refractivity contribution in [2.75, 3.05) is 26.4 Å². The van der Waals surface area contributed by atoms with Crippen molar-refractivity contribution in [3.63, 3.8) is 0 Å². The molecule has 1 heterocycles. The summed E-state index contributed by atoms with van der Waals surface area (Å²) in [6.07, 6.45) is 45.7. The van der Waals surface area contributed by atoms with Crippen molar-refractivity contribution in [3.05, 3.63) is 0 Å². The Balaban J connectivity index is 2.15. The Morgan fingerprint density at radius 3 is 1.13 bits per heavy atom. The molecule has 0 aromatic carbocycles. The van der Waals surface area contributed by atoms with Crippen LogP contribution in [0.2, 0.25) is 0 Å². The molecule has 0 radical (unpaired) electrons. The van der Waals surface area contributed by atoms with Crippen LogP contribution in [0.3, 0.4) is 0 Å². The molecule has 1 rings (SSSR count). The number of aliphatic hydroxyl groups excluding tert-OH is 4. The van der Waals surface area contributed by atoms with Crippen LogP contribution in [0, 0.1) is 0 Å². The zero-order chi connectivity index (χ0) is 45.7. The second-order valence-corrected chi connectivity index (χ2v) is 19.4. The third-order valence-corrected chi connectivity index (χ3v) is 13.3. The molecule has 0 aromatic heterocycles. The van der Waals surface area contributed by atoms with E-state index in [4.69, 9.17) is 18.9 Å². The van der Waals surface area contributed by atoms with Crippen molar-refractivity contribution in [3.8, 4) is 0 Å². The molecule has 0 bridgehead atoms. The van der Waals surface area contributed by atoms with Crippen molar-refractivity contribution in [1.29, 1.82) is 0 Å². The van der Waals surface area contributed by atoms with Gasteiger partial charge in [0.15, 0.2) is 6.29 Å². The van der Waals surface area contributed by atoms with Crippen LogP contribution in [0.5, 0.6) is 0 Å². The maximum atomic E-state index is 12.9. The van der Waals surface area contributed by atoms with Crippen LogP contribution in [0.1, 0.15) is 277 Å². The molecule has 0 aliphatic carbocycles. The summed E-state index contributed by atoms with van der Waals surface area (Å²) in [5.41, 5.74) is 0. The third kappa shape index (κ3) is 36.9. The highest BCUT2D eigenvalue weighted by Gasteiger charge is 2.44. The number of ether oxygens (including phenoxy) is 4. The second kappa shape index (κ2) is 46.3. The Bertz CT molecular complexity index is 935. The minimum absolute atomic E-state index is 0.104. The fourth-order valence-electron chi connectivity index (χ4n) is 8.97. The van der Waals surface area contributed by atoms with Gasteiger partial charge in [-0.15, -0.1) is 0 Å². The fourth-order valence-corrected chi connectivity index (χ4v) is 8.97. The SMILES string of the molecule is CCCCCCCCCCCCCCCCCCCCCCOCC(COC1OC(CO)C(O)C(O)C1O)OC(=O)CCCCCCCCCCCCCCCCCCCCCC. The number of hydrogen-bond acceptors (Lipinski definition) is 9. The van der Waals surface area contributed by atoms with E-state index < -0.39 is 43.4 Å². The molecule has 63 heavy (non-hydrogen) atoms. The van der Waals surface area contributed by atoms with Gasteiger partial charge in [0, 0.05) is 13.0 Å². The lowest BCUT2D eigenvalue weighted by molar-refractivity contribution is -0.305. The van der Waals surface area contributed by atoms with Gasteiger partial charge in [0.05, 0.1) is 19.8 Å². The van der Waals surface area contributed by atoms with Crippen molar-refractivity contribution in [2.45, 2.75) is 314 Å². The van der Waals surface area contributed by atoms with Crippen LogP contribution in [0.15, 0.2) is 0 Å². The Kier molecular flexibility index (Phi) is 44.3. The monoisotopic (exact) mass is 899 g/mol. The van der Waals surface area contributed by atoms with E-state index >= 15 is 0 Å². The highest BCUT2D eigenvalue weighted by Crippen LogP contribution is 2.23. The van der Waals surface area contributed by atoms with Crippen molar-refractivity contribution >= 4 is 5.97 Å². The Morgan fingerprint density at radius 1 is 0.444 bits per heavy atom. The summed E-state index contributed by atoms with van der Waals surface area (Å²) in [6.45, 7) is 4.64. The average molecular weight is 899 g/mol. The maximum absolute atomic E-state index is 12.9. The smallest absolute Gasteiger partial charge is 0.306 e. The van der Waals surface area contributed by atoms with Gasteiger partial charge in [0.1, 0.15) is 30.5 Å². The molecule has 9 heteroatoms. The molecule has 1 saturated heterocycles. The molecule has 4 N–H and O–H groups in total. The first-order valence-corrected chi connectivity index (χ1v) is 27.6. The molecule has 1 fully saturated rings. The van der Waals surface area contributed by atoms with E-state index in [2.05, 4.69) is 13.8 Å². The van der Waals surface area contributed by atoms with Crippen molar-refractivity contribution in [1.82, 2.24) is 0 Å².